The lowest BCUT2D eigenvalue weighted by Crippen LogP contribution is -2.71. The van der Waals surface area contributed by atoms with Gasteiger partial charge in [-0.3, -0.25) is 29.7 Å². The molecule has 310 valence electrons. The number of hydrogen-bond acceptors (Lipinski definition) is 13. The molecule has 0 bridgehead atoms. The van der Waals surface area contributed by atoms with E-state index in [1.165, 1.54) is 13.1 Å². The maximum Gasteiger partial charge on any atom is 0.266 e. The molecule has 59 heavy (non-hydrogen) atoms. The lowest BCUT2D eigenvalue weighted by Gasteiger charge is -2.56. The Balaban J connectivity index is 0.000000209. The summed E-state index contributed by atoms with van der Waals surface area (Å²) in [6, 6.07) is 15.4. The fourth-order valence-corrected chi connectivity index (χ4v) is 7.80. The number of aldehydes is 1. The Morgan fingerprint density at radius 1 is 1.05 bits per heavy atom. The van der Waals surface area contributed by atoms with Gasteiger partial charge in [-0.15, -0.1) is 0 Å². The number of amides is 3. The predicted molar refractivity (Wildman–Crippen MR) is 231 cm³/mol. The molecule has 3 amide bonds. The molecule has 3 aliphatic heterocycles. The molecular formula is C42H46Cl2N8O6S. The van der Waals surface area contributed by atoms with E-state index in [4.69, 9.17) is 32.7 Å². The van der Waals surface area contributed by atoms with Crippen molar-refractivity contribution in [3.63, 3.8) is 0 Å². The summed E-state index contributed by atoms with van der Waals surface area (Å²) in [5.41, 5.74) is 7.35. The number of aromatic nitrogens is 2. The van der Waals surface area contributed by atoms with Gasteiger partial charge < -0.3 is 29.8 Å². The first-order valence-corrected chi connectivity index (χ1v) is 20.6. The van der Waals surface area contributed by atoms with Gasteiger partial charge in [0.2, 0.25) is 5.91 Å². The average molecular weight is 862 g/mol. The van der Waals surface area contributed by atoms with E-state index in [1.54, 1.807) is 24.5 Å². The van der Waals surface area contributed by atoms with Crippen molar-refractivity contribution in [1.29, 1.82) is 0 Å². The fourth-order valence-electron chi connectivity index (χ4n) is 7.00. The molecule has 2 fully saturated rings. The minimum absolute atomic E-state index is 0.0663. The largest absolute Gasteiger partial charge is 0.493 e. The molecule has 17 heteroatoms. The summed E-state index contributed by atoms with van der Waals surface area (Å²) in [5, 5.41) is 11.3. The highest BCUT2D eigenvalue weighted by atomic mass is 35.5. The van der Waals surface area contributed by atoms with E-state index in [1.807, 2.05) is 44.3 Å². The number of benzene rings is 2. The van der Waals surface area contributed by atoms with E-state index in [-0.39, 0.29) is 30.1 Å². The highest BCUT2D eigenvalue weighted by Crippen LogP contribution is 2.37. The molecule has 2 aromatic heterocycles. The number of imide groups is 1. The molecule has 5 heterocycles. The number of carbonyl (C=O) groups excluding carboxylic acids is 4. The Kier molecular flexibility index (Phi) is 14.5. The minimum atomic E-state index is -1.03. The van der Waals surface area contributed by atoms with Crippen molar-refractivity contribution in [3.05, 3.63) is 105 Å². The summed E-state index contributed by atoms with van der Waals surface area (Å²) in [6.45, 7) is 8.65. The van der Waals surface area contributed by atoms with Crippen molar-refractivity contribution >= 4 is 77.1 Å². The van der Waals surface area contributed by atoms with Gasteiger partial charge in [-0.2, -0.15) is 17.7 Å². The number of rotatable bonds is 16. The number of hydrogen-bond donors (Lipinski definition) is 4. The molecule has 1 spiro atoms. The highest BCUT2D eigenvalue weighted by Gasteiger charge is 2.48. The van der Waals surface area contributed by atoms with E-state index in [9.17, 15) is 19.2 Å². The van der Waals surface area contributed by atoms with Gasteiger partial charge in [-0.1, -0.05) is 29.3 Å². The Labute approximate surface area is 358 Å². The molecule has 2 aromatic carbocycles. The number of fused-ring (bicyclic) bond motifs is 1. The second kappa shape index (κ2) is 19.7. The normalized spacial score (nSPS) is 16.2. The number of pyridine rings is 2. The fraction of sp³-hybridized carbons (Fsp3) is 0.357. The molecule has 1 unspecified atom stereocenters. The SMILES string of the molecule is C/C(=N\Nc1ccc(O[C@H](C)c2c(Cl)cncc2Cl)cc1)c1ccc(N2CC3(CNC3)C2)nc1.CNC(=O)C(CCC=O)N1C(=O)c2cccc(OCCCS)c2C1=O. The number of carbonyl (C=O) groups is 4. The number of anilines is 2. The van der Waals surface area contributed by atoms with Crippen LogP contribution in [-0.4, -0.2) is 96.2 Å². The van der Waals surface area contributed by atoms with Crippen LogP contribution in [0.1, 0.15) is 71.1 Å². The number of nitrogens with one attached hydrogen (secondary N) is 3. The first kappa shape index (κ1) is 43.4. The van der Waals surface area contributed by atoms with E-state index in [2.05, 4.69) is 60.8 Å². The number of hydrazone groups is 1. The highest BCUT2D eigenvalue weighted by molar-refractivity contribution is 7.80. The van der Waals surface area contributed by atoms with Crippen LogP contribution in [-0.2, 0) is 9.59 Å². The molecule has 14 nitrogen and oxygen atoms in total. The van der Waals surface area contributed by atoms with Gasteiger partial charge in [0.1, 0.15) is 35.7 Å². The first-order valence-electron chi connectivity index (χ1n) is 19.2. The van der Waals surface area contributed by atoms with Crippen LogP contribution in [0.3, 0.4) is 0 Å². The summed E-state index contributed by atoms with van der Waals surface area (Å²) in [4.78, 5) is 60.2. The molecule has 0 saturated carbocycles. The third-order valence-corrected chi connectivity index (χ3v) is 11.2. The summed E-state index contributed by atoms with van der Waals surface area (Å²) in [7, 11) is 1.42. The topological polar surface area (TPSA) is 167 Å². The monoisotopic (exact) mass is 860 g/mol. The molecule has 4 aromatic rings. The zero-order chi connectivity index (χ0) is 42.1. The van der Waals surface area contributed by atoms with Crippen LogP contribution in [0.25, 0.3) is 0 Å². The molecule has 2 atom stereocenters. The van der Waals surface area contributed by atoms with Gasteiger partial charge in [0.05, 0.1) is 39.2 Å². The second-order valence-corrected chi connectivity index (χ2v) is 15.7. The quantitative estimate of drug-likeness (QED) is 0.0251. The summed E-state index contributed by atoms with van der Waals surface area (Å²) >= 11 is 16.6. The minimum Gasteiger partial charge on any atom is -0.493 e. The van der Waals surface area contributed by atoms with Crippen LogP contribution >= 0.6 is 35.8 Å². The van der Waals surface area contributed by atoms with Crippen molar-refractivity contribution in [2.45, 2.75) is 45.3 Å². The lowest BCUT2D eigenvalue weighted by molar-refractivity contribution is -0.124. The van der Waals surface area contributed by atoms with Crippen LogP contribution < -0.4 is 30.4 Å². The van der Waals surface area contributed by atoms with Crippen LogP contribution in [0.15, 0.2) is 78.3 Å². The van der Waals surface area contributed by atoms with E-state index >= 15 is 0 Å². The molecular weight excluding hydrogens is 815 g/mol. The molecule has 7 rings (SSSR count). The van der Waals surface area contributed by atoms with Crippen molar-refractivity contribution < 1.29 is 28.7 Å². The number of nitrogens with zero attached hydrogens (tertiary/aromatic N) is 5. The zero-order valence-corrected chi connectivity index (χ0v) is 35.3. The van der Waals surface area contributed by atoms with Gasteiger partial charge in [0.15, 0.2) is 0 Å². The van der Waals surface area contributed by atoms with Crippen molar-refractivity contribution in [2.24, 2.45) is 10.5 Å². The van der Waals surface area contributed by atoms with Gasteiger partial charge in [-0.25, -0.2) is 4.98 Å². The van der Waals surface area contributed by atoms with E-state index in [0.717, 1.165) is 53.9 Å². The molecule has 2 saturated heterocycles. The zero-order valence-electron chi connectivity index (χ0n) is 32.9. The summed E-state index contributed by atoms with van der Waals surface area (Å²) in [5.74, 6) is 1.05. The van der Waals surface area contributed by atoms with Crippen LogP contribution in [0.4, 0.5) is 11.5 Å². The summed E-state index contributed by atoms with van der Waals surface area (Å²) in [6.07, 6.45) is 6.18. The van der Waals surface area contributed by atoms with Gasteiger partial charge in [-0.05, 0) is 81.0 Å². The molecule has 0 aliphatic carbocycles. The van der Waals surface area contributed by atoms with Gasteiger partial charge >= 0.3 is 0 Å². The molecule has 3 N–H and O–H groups in total. The Bertz CT molecular complexity index is 2160. The number of likely N-dealkylation sites (N-methyl/N-ethyl adjacent to an activating group) is 1. The Morgan fingerprint density at radius 2 is 1.78 bits per heavy atom. The second-order valence-electron chi connectivity index (χ2n) is 14.4. The maximum atomic E-state index is 12.8. The third-order valence-electron chi connectivity index (χ3n) is 10.2. The van der Waals surface area contributed by atoms with Gasteiger partial charge in [0.25, 0.3) is 11.8 Å². The van der Waals surface area contributed by atoms with Crippen molar-refractivity contribution in [3.8, 4) is 11.5 Å². The van der Waals surface area contributed by atoms with Crippen molar-refractivity contribution in [1.82, 2.24) is 25.5 Å². The number of halogens is 2. The average Bonchev–Trinajstić information content (AvgIpc) is 3.46. The van der Waals surface area contributed by atoms with Crippen LogP contribution in [0.2, 0.25) is 10.0 Å². The standard InChI is InChI=1S/C25H26Cl2N6O.C17H20N2O5S/c1-16(18-3-8-23(30-9-18)33-14-25(15-33)12-29-13-25)31-32-19-4-6-20(7-5-19)34-17(2)24-21(26)10-28-11-22(24)27;1-18-15(21)12(6-3-8-20)19-16(22)11-5-2-7-13(14(11)17(19)23)24-9-4-10-25/h3-11,17,29,32H,12-15H2,1-2H3;2,5,7-8,12,25H,3-4,6,9-10H2,1H3,(H,18,21)/b31-16+;/t17-;/m1./s1. The summed E-state index contributed by atoms with van der Waals surface area (Å²) < 4.78 is 11.6. The maximum absolute atomic E-state index is 12.8. The Morgan fingerprint density at radius 3 is 2.39 bits per heavy atom. The molecule has 0 radical (unpaired) electrons. The van der Waals surface area contributed by atoms with Gasteiger partial charge in [0, 0.05) is 74.8 Å². The Hall–Kier alpha value is -5.22. The first-order chi connectivity index (χ1) is 28.5. The number of ether oxygens (including phenoxy) is 2. The number of thiol groups is 1. The lowest BCUT2D eigenvalue weighted by atomic mass is 9.74. The molecule has 3 aliphatic rings. The van der Waals surface area contributed by atoms with E-state index < -0.39 is 23.8 Å². The predicted octanol–water partition coefficient (Wildman–Crippen LogP) is 6.24. The van der Waals surface area contributed by atoms with Crippen LogP contribution in [0.5, 0.6) is 11.5 Å². The smallest absolute Gasteiger partial charge is 0.266 e. The van der Waals surface area contributed by atoms with Crippen molar-refractivity contribution in [2.75, 3.05) is 55.9 Å². The van der Waals surface area contributed by atoms with E-state index in [0.29, 0.717) is 57.6 Å². The van der Waals surface area contributed by atoms with Crippen LogP contribution in [0, 0.1) is 5.41 Å². The third kappa shape index (κ3) is 9.98.